The summed E-state index contributed by atoms with van der Waals surface area (Å²) in [6.07, 6.45) is -4.45. The third-order valence-electron chi connectivity index (χ3n) is 7.58. The molecule has 0 saturated carbocycles. The molecule has 2 aromatic rings. The Hall–Kier alpha value is -2.19. The van der Waals surface area contributed by atoms with E-state index in [1.807, 2.05) is 0 Å². The minimum absolute atomic E-state index is 0.109. The number of aliphatic hydroxyl groups excluding tert-OH is 3. The lowest BCUT2D eigenvalue weighted by molar-refractivity contribution is -0.137. The third-order valence-corrected chi connectivity index (χ3v) is 11.5. The van der Waals surface area contributed by atoms with Gasteiger partial charge in [0.25, 0.3) is 0 Å². The van der Waals surface area contributed by atoms with Gasteiger partial charge in [-0.1, -0.05) is 13.8 Å². The first kappa shape index (κ1) is 42.2. The molecule has 3 heterocycles. The summed E-state index contributed by atoms with van der Waals surface area (Å²) < 4.78 is 50.9. The van der Waals surface area contributed by atoms with E-state index < -0.39 is 89.4 Å². The molecule has 284 valence electrons. The van der Waals surface area contributed by atoms with Crippen LogP contribution in [0, 0.1) is 5.41 Å². The van der Waals surface area contributed by atoms with Crippen molar-refractivity contribution in [2.75, 3.05) is 49.2 Å². The molecule has 1 fully saturated rings. The van der Waals surface area contributed by atoms with Gasteiger partial charge in [-0.25, -0.2) is 32.7 Å². The smallest absolute Gasteiger partial charge is 0.387 e. The number of thiol groups is 1. The zero-order valence-corrected chi connectivity index (χ0v) is 30.5. The first-order chi connectivity index (χ1) is 23.3. The summed E-state index contributed by atoms with van der Waals surface area (Å²) in [6.45, 7) is 1.78. The molecule has 0 aliphatic carbocycles. The lowest BCUT2D eigenvalue weighted by Gasteiger charge is -2.29. The first-order valence-corrected chi connectivity index (χ1v) is 19.9. The van der Waals surface area contributed by atoms with Gasteiger partial charge in [-0.2, -0.15) is 24.4 Å². The molecule has 3 rings (SSSR count). The van der Waals surface area contributed by atoms with Crippen molar-refractivity contribution in [2.45, 2.75) is 62.2 Å². The predicted molar refractivity (Wildman–Crippen MR) is 184 cm³/mol. The Balaban J connectivity index is 1.43. The number of nitrogens with zero attached hydrogens (tertiary/aromatic N) is 4. The molecule has 0 radical (unpaired) electrons. The van der Waals surface area contributed by atoms with Crippen LogP contribution in [0.1, 0.15) is 26.5 Å². The number of hydrogen-bond donors (Lipinski definition) is 11. The number of hydrogen-bond acceptors (Lipinski definition) is 17. The van der Waals surface area contributed by atoms with Crippen LogP contribution in [0.4, 0.5) is 5.82 Å². The number of phosphoric ester groups is 1. The second-order valence-corrected chi connectivity index (χ2v) is 16.9. The van der Waals surface area contributed by atoms with E-state index in [1.54, 1.807) is 0 Å². The lowest BCUT2D eigenvalue weighted by Crippen LogP contribution is -2.46. The Bertz CT molecular complexity index is 1620. The fourth-order valence-electron chi connectivity index (χ4n) is 4.65. The molecule has 7 atom stereocenters. The van der Waals surface area contributed by atoms with Crippen molar-refractivity contribution in [3.8, 4) is 0 Å². The zero-order chi connectivity index (χ0) is 37.4. The summed E-state index contributed by atoms with van der Waals surface area (Å²) in [5.41, 5.74) is 11.1. The quantitative estimate of drug-likeness (QED) is 0.0351. The van der Waals surface area contributed by atoms with Gasteiger partial charge in [0.2, 0.25) is 21.8 Å². The van der Waals surface area contributed by atoms with E-state index in [-0.39, 0.29) is 54.5 Å². The van der Waals surface area contributed by atoms with Gasteiger partial charge >= 0.3 is 7.82 Å². The minimum atomic E-state index is -4.80. The van der Waals surface area contributed by atoms with Crippen LogP contribution < -0.4 is 26.8 Å². The molecule has 50 heavy (non-hydrogen) atoms. The van der Waals surface area contributed by atoms with Crippen LogP contribution in [0.3, 0.4) is 0 Å². The molecule has 0 spiro atoms. The van der Waals surface area contributed by atoms with Crippen molar-refractivity contribution in [1.29, 1.82) is 0 Å². The number of aromatic nitrogens is 4. The number of nitrogen functional groups attached to an aromatic ring is 1. The number of rotatable bonds is 20. The topological polar surface area (TPSA) is 337 Å². The second-order valence-electron chi connectivity index (χ2n) is 12.1. The normalized spacial score (nSPS) is 21.9. The van der Waals surface area contributed by atoms with E-state index in [0.29, 0.717) is 0 Å². The van der Waals surface area contributed by atoms with Crippen molar-refractivity contribution in [1.82, 2.24) is 34.9 Å². The summed E-state index contributed by atoms with van der Waals surface area (Å²) in [5, 5.41) is 35.8. The molecule has 12 N–H and O–H groups in total. The van der Waals surface area contributed by atoms with Crippen molar-refractivity contribution < 1.29 is 56.9 Å². The first-order valence-electron chi connectivity index (χ1n) is 15.1. The highest BCUT2D eigenvalue weighted by molar-refractivity contribution is 8.01. The maximum atomic E-state index is 13.0. The van der Waals surface area contributed by atoms with Crippen LogP contribution in [0.15, 0.2) is 12.7 Å². The van der Waals surface area contributed by atoms with Crippen molar-refractivity contribution in [2.24, 2.45) is 11.1 Å². The number of imidazole rings is 1. The minimum Gasteiger partial charge on any atom is -0.387 e. The summed E-state index contributed by atoms with van der Waals surface area (Å²) >= 11 is 5.38. The Morgan fingerprint density at radius 3 is 2.56 bits per heavy atom. The molecule has 21 nitrogen and oxygen atoms in total. The van der Waals surface area contributed by atoms with Gasteiger partial charge in [0, 0.05) is 54.3 Å². The third kappa shape index (κ3) is 11.9. The summed E-state index contributed by atoms with van der Waals surface area (Å²) in [6, 6.07) is -0.642. The van der Waals surface area contributed by atoms with Crippen LogP contribution in [-0.4, -0.2) is 144 Å². The molecular formula is C25H44N9O12PS3. The summed E-state index contributed by atoms with van der Waals surface area (Å²) in [7, 11) is -8.79. The van der Waals surface area contributed by atoms with E-state index in [9.17, 15) is 37.9 Å². The summed E-state index contributed by atoms with van der Waals surface area (Å²) in [4.78, 5) is 54.2. The molecule has 0 bridgehead atoms. The van der Waals surface area contributed by atoms with E-state index in [1.165, 1.54) is 42.8 Å². The Morgan fingerprint density at radius 1 is 1.20 bits per heavy atom. The number of nitrogens with two attached hydrogens (primary N) is 2. The second kappa shape index (κ2) is 18.0. The monoisotopic (exact) mass is 789 g/mol. The predicted octanol–water partition coefficient (Wildman–Crippen LogP) is -3.58. The van der Waals surface area contributed by atoms with Crippen molar-refractivity contribution in [3.63, 3.8) is 0 Å². The van der Waals surface area contributed by atoms with Crippen molar-refractivity contribution >= 4 is 71.0 Å². The number of carbonyl (C=O) groups excluding carboxylic acids is 2. The van der Waals surface area contributed by atoms with Gasteiger partial charge in [-0.05, 0) is 0 Å². The van der Waals surface area contributed by atoms with Gasteiger partial charge in [0.15, 0.2) is 17.7 Å². The number of fused-ring (bicyclic) bond motifs is 1. The number of sulfonamides is 1. The largest absolute Gasteiger partial charge is 0.469 e. The van der Waals surface area contributed by atoms with Gasteiger partial charge in [-0.15, -0.1) is 0 Å². The maximum absolute atomic E-state index is 13.0. The highest BCUT2D eigenvalue weighted by Crippen LogP contribution is 2.39. The van der Waals surface area contributed by atoms with Gasteiger partial charge < -0.3 is 51.9 Å². The average Bonchev–Trinajstić information content (AvgIpc) is 3.60. The fraction of sp³-hybridized carbons (Fsp3) is 0.720. The standard InChI is InChI=1S/C25H44N9O12PS3/c1-25(2,10-45-47(40,41)42)20(38)23(39)29-4-3-16(35)28-5-6-49-15(13(26)8-48)9-50(43,44)33-7-14-18(36)19(37)24(46-14)34-12-32-17-21(27)30-11-31-22(17)34/h11-15,18-20,24,33,36-38,48H,3-10,26H2,1-2H3,(H,28,35)(H,29,39)(H2,27,30,31)(H2,40,41,42)/t13-,14+,15-,18+,19+,20-,24+/m0/s1. The van der Waals surface area contributed by atoms with Crippen LogP contribution in [0.25, 0.3) is 11.2 Å². The van der Waals surface area contributed by atoms with Crippen LogP contribution in [-0.2, 0) is 33.4 Å². The Labute approximate surface area is 297 Å². The highest BCUT2D eigenvalue weighted by Gasteiger charge is 2.45. The molecule has 2 aromatic heterocycles. The number of ether oxygens (including phenoxy) is 1. The summed E-state index contributed by atoms with van der Waals surface area (Å²) in [5.74, 6) is -1.17. The SMILES string of the molecule is CC(C)(COP(=O)(O)O)[C@@H](O)C(=O)NCCC(=O)NCCS[C@@H](CS(=O)(=O)NC[C@H]1O[C@@H](n2cnc3c(N)ncnc32)[C@H](O)[C@@H]1O)[C@@H](N)CS. The molecule has 1 aliphatic heterocycles. The Kier molecular flexibility index (Phi) is 15.2. The number of phosphoric acid groups is 1. The van der Waals surface area contributed by atoms with Crippen molar-refractivity contribution in [3.05, 3.63) is 12.7 Å². The van der Waals surface area contributed by atoms with Gasteiger partial charge in [0.05, 0.1) is 18.7 Å². The average molecular weight is 790 g/mol. The number of thioether (sulfide) groups is 1. The molecule has 1 saturated heterocycles. The molecule has 2 amide bonds. The van der Waals surface area contributed by atoms with Crippen LogP contribution in [0.2, 0.25) is 0 Å². The van der Waals surface area contributed by atoms with E-state index in [0.717, 1.165) is 0 Å². The lowest BCUT2D eigenvalue weighted by atomic mass is 9.87. The van der Waals surface area contributed by atoms with E-state index in [2.05, 4.69) is 47.5 Å². The Morgan fingerprint density at radius 2 is 1.90 bits per heavy atom. The number of nitrogens with one attached hydrogen (secondary N) is 3. The molecule has 1 aliphatic rings. The molecule has 0 unspecified atom stereocenters. The highest BCUT2D eigenvalue weighted by atomic mass is 32.2. The number of aliphatic hydroxyl groups is 3. The molecule has 25 heteroatoms. The maximum Gasteiger partial charge on any atom is 0.469 e. The van der Waals surface area contributed by atoms with Gasteiger partial charge in [0.1, 0.15) is 36.3 Å². The van der Waals surface area contributed by atoms with E-state index >= 15 is 0 Å². The number of amides is 2. The van der Waals surface area contributed by atoms with Gasteiger partial charge in [-0.3, -0.25) is 18.7 Å². The zero-order valence-electron chi connectivity index (χ0n) is 27.1. The van der Waals surface area contributed by atoms with Crippen LogP contribution >= 0.6 is 32.2 Å². The number of anilines is 1. The van der Waals surface area contributed by atoms with Crippen LogP contribution in [0.5, 0.6) is 0 Å². The van der Waals surface area contributed by atoms with E-state index in [4.69, 9.17) is 26.0 Å². The molecular weight excluding hydrogens is 746 g/mol. The fourth-order valence-corrected chi connectivity index (χ4v) is 8.55. The number of carbonyl (C=O) groups is 2. The molecule has 0 aromatic carbocycles.